The molecule has 1 aliphatic heterocycles. The molecule has 3 aliphatic rings. The van der Waals surface area contributed by atoms with E-state index in [1.54, 1.807) is 11.0 Å². The Labute approximate surface area is 135 Å². The fourth-order valence-electron chi connectivity index (χ4n) is 4.63. The van der Waals surface area contributed by atoms with Crippen molar-refractivity contribution < 1.29 is 13.9 Å². The predicted molar refractivity (Wildman–Crippen MR) is 85.8 cm³/mol. The van der Waals surface area contributed by atoms with Gasteiger partial charge in [-0.2, -0.15) is 0 Å². The molecule has 2 unspecified atom stereocenters. The Kier molecular flexibility index (Phi) is 3.76. The number of ether oxygens (including phenoxy) is 1. The highest BCUT2D eigenvalue weighted by atomic mass is 19.1. The Morgan fingerprint density at radius 1 is 1.26 bits per heavy atom. The fourth-order valence-corrected chi connectivity index (χ4v) is 4.63. The molecule has 0 spiro atoms. The third-order valence-electron chi connectivity index (χ3n) is 5.81. The number of amides is 1. The van der Waals surface area contributed by atoms with Crippen molar-refractivity contribution in [1.29, 1.82) is 0 Å². The van der Waals surface area contributed by atoms with Gasteiger partial charge in [0.25, 0.3) is 0 Å². The summed E-state index contributed by atoms with van der Waals surface area (Å²) in [5, 5.41) is 0. The first kappa shape index (κ1) is 14.9. The van der Waals surface area contributed by atoms with Crippen molar-refractivity contribution in [3.8, 4) is 5.75 Å². The Morgan fingerprint density at radius 2 is 2.00 bits per heavy atom. The van der Waals surface area contributed by atoms with E-state index in [0.717, 1.165) is 25.7 Å². The van der Waals surface area contributed by atoms with E-state index in [4.69, 9.17) is 10.5 Å². The van der Waals surface area contributed by atoms with Gasteiger partial charge in [-0.25, -0.2) is 4.39 Å². The average Bonchev–Trinajstić information content (AvgIpc) is 2.53. The van der Waals surface area contributed by atoms with Crippen molar-refractivity contribution in [2.45, 2.75) is 38.1 Å². The lowest BCUT2D eigenvalue weighted by atomic mass is 9.65. The summed E-state index contributed by atoms with van der Waals surface area (Å²) < 4.78 is 18.9. The minimum Gasteiger partial charge on any atom is -0.489 e. The predicted octanol–water partition coefficient (Wildman–Crippen LogP) is 2.70. The topological polar surface area (TPSA) is 55.6 Å². The summed E-state index contributed by atoms with van der Waals surface area (Å²) in [5.41, 5.74) is 7.03. The molecule has 1 heterocycles. The van der Waals surface area contributed by atoms with Gasteiger partial charge in [-0.3, -0.25) is 4.79 Å². The zero-order valence-electron chi connectivity index (χ0n) is 13.2. The number of hydrogen-bond acceptors (Lipinski definition) is 3. The summed E-state index contributed by atoms with van der Waals surface area (Å²) in [5.74, 6) is 1.29. The van der Waals surface area contributed by atoms with Crippen LogP contribution in [0.15, 0.2) is 18.2 Å². The van der Waals surface area contributed by atoms with Crippen molar-refractivity contribution in [3.05, 3.63) is 24.0 Å². The van der Waals surface area contributed by atoms with Crippen LogP contribution in [-0.2, 0) is 4.79 Å². The van der Waals surface area contributed by atoms with Gasteiger partial charge in [-0.15, -0.1) is 0 Å². The first-order chi connectivity index (χ1) is 11.1. The average molecular weight is 318 g/mol. The largest absolute Gasteiger partial charge is 0.489 e. The molecule has 2 fully saturated rings. The van der Waals surface area contributed by atoms with E-state index in [2.05, 4.69) is 0 Å². The standard InChI is InChI=1S/C18H23FN2O2/c19-14-4-5-15-16(10-14)23-7-6-21(15)18(22)13-8-11-2-1-3-12(9-13)17(11)20/h4-5,10-13,17H,1-3,6-9,20H2. The summed E-state index contributed by atoms with van der Waals surface area (Å²) in [4.78, 5) is 14.9. The van der Waals surface area contributed by atoms with Gasteiger partial charge in [-0.1, -0.05) is 6.42 Å². The molecule has 2 bridgehead atoms. The van der Waals surface area contributed by atoms with Crippen LogP contribution in [0.2, 0.25) is 0 Å². The van der Waals surface area contributed by atoms with Gasteiger partial charge < -0.3 is 15.4 Å². The lowest BCUT2D eigenvalue weighted by molar-refractivity contribution is -0.125. The Bertz CT molecular complexity index is 607. The van der Waals surface area contributed by atoms with Crippen LogP contribution >= 0.6 is 0 Å². The Balaban J connectivity index is 1.56. The molecule has 2 saturated carbocycles. The molecule has 0 aromatic heterocycles. The number of carbonyl (C=O) groups excluding carboxylic acids is 1. The molecule has 0 radical (unpaired) electrons. The van der Waals surface area contributed by atoms with E-state index >= 15 is 0 Å². The highest BCUT2D eigenvalue weighted by Crippen LogP contribution is 2.43. The third-order valence-corrected chi connectivity index (χ3v) is 5.81. The second-order valence-electron chi connectivity index (χ2n) is 7.15. The number of rotatable bonds is 1. The number of anilines is 1. The number of benzene rings is 1. The monoisotopic (exact) mass is 318 g/mol. The molecule has 4 rings (SSSR count). The molecule has 4 nitrogen and oxygen atoms in total. The van der Waals surface area contributed by atoms with Crippen LogP contribution in [0.3, 0.4) is 0 Å². The maximum Gasteiger partial charge on any atom is 0.230 e. The summed E-state index contributed by atoms with van der Waals surface area (Å²) in [6.07, 6.45) is 5.32. The van der Waals surface area contributed by atoms with Gasteiger partial charge in [0.15, 0.2) is 0 Å². The third kappa shape index (κ3) is 2.61. The molecule has 124 valence electrons. The molecular formula is C18H23FN2O2. The fraction of sp³-hybridized carbons (Fsp3) is 0.611. The van der Waals surface area contributed by atoms with Crippen molar-refractivity contribution in [2.75, 3.05) is 18.1 Å². The van der Waals surface area contributed by atoms with Gasteiger partial charge in [0.05, 0.1) is 12.2 Å². The van der Waals surface area contributed by atoms with Crippen LogP contribution in [0.5, 0.6) is 5.75 Å². The number of hydrogen-bond donors (Lipinski definition) is 1. The van der Waals surface area contributed by atoms with Crippen LogP contribution in [0.25, 0.3) is 0 Å². The quantitative estimate of drug-likeness (QED) is 0.866. The van der Waals surface area contributed by atoms with Crippen molar-refractivity contribution in [3.63, 3.8) is 0 Å². The molecule has 1 amide bonds. The molecule has 2 atom stereocenters. The second kappa shape index (κ2) is 5.78. The van der Waals surface area contributed by atoms with Gasteiger partial charge in [0.2, 0.25) is 5.91 Å². The van der Waals surface area contributed by atoms with Gasteiger partial charge in [0, 0.05) is 18.0 Å². The number of halogens is 1. The number of fused-ring (bicyclic) bond motifs is 3. The maximum absolute atomic E-state index is 13.4. The van der Waals surface area contributed by atoms with E-state index < -0.39 is 0 Å². The summed E-state index contributed by atoms with van der Waals surface area (Å²) in [6, 6.07) is 4.66. The van der Waals surface area contributed by atoms with Crippen LogP contribution < -0.4 is 15.4 Å². The molecule has 2 aliphatic carbocycles. The van der Waals surface area contributed by atoms with Crippen LogP contribution in [0.4, 0.5) is 10.1 Å². The second-order valence-corrected chi connectivity index (χ2v) is 7.15. The molecule has 23 heavy (non-hydrogen) atoms. The van der Waals surface area contributed by atoms with Crippen molar-refractivity contribution >= 4 is 11.6 Å². The molecule has 1 aromatic rings. The summed E-state index contributed by atoms with van der Waals surface area (Å²) in [7, 11) is 0. The van der Waals surface area contributed by atoms with E-state index in [1.165, 1.54) is 18.6 Å². The lowest BCUT2D eigenvalue weighted by Crippen LogP contribution is -2.50. The van der Waals surface area contributed by atoms with Crippen LogP contribution in [0.1, 0.15) is 32.1 Å². The highest BCUT2D eigenvalue weighted by molar-refractivity contribution is 5.97. The van der Waals surface area contributed by atoms with Gasteiger partial charge >= 0.3 is 0 Å². The maximum atomic E-state index is 13.4. The minimum absolute atomic E-state index is 0.0427. The highest BCUT2D eigenvalue weighted by Gasteiger charge is 2.42. The van der Waals surface area contributed by atoms with Crippen LogP contribution in [0, 0.1) is 23.6 Å². The summed E-state index contributed by atoms with van der Waals surface area (Å²) >= 11 is 0. The molecular weight excluding hydrogens is 295 g/mol. The van der Waals surface area contributed by atoms with Crippen molar-refractivity contribution in [1.82, 2.24) is 0 Å². The number of carbonyl (C=O) groups is 1. The normalized spacial score (nSPS) is 32.9. The van der Waals surface area contributed by atoms with E-state index in [9.17, 15) is 9.18 Å². The first-order valence-electron chi connectivity index (χ1n) is 8.63. The minimum atomic E-state index is -0.337. The number of nitrogens with zero attached hydrogens (tertiary/aromatic N) is 1. The van der Waals surface area contributed by atoms with E-state index in [-0.39, 0.29) is 23.7 Å². The SMILES string of the molecule is NC1C2CCCC1CC(C(=O)N1CCOc3cc(F)ccc31)C2. The molecule has 0 saturated heterocycles. The van der Waals surface area contributed by atoms with Crippen LogP contribution in [-0.4, -0.2) is 25.1 Å². The lowest BCUT2D eigenvalue weighted by Gasteiger charge is -2.44. The van der Waals surface area contributed by atoms with E-state index in [0.29, 0.717) is 36.4 Å². The van der Waals surface area contributed by atoms with Gasteiger partial charge in [0.1, 0.15) is 18.2 Å². The van der Waals surface area contributed by atoms with Crippen molar-refractivity contribution in [2.24, 2.45) is 23.5 Å². The molecule has 2 N–H and O–H groups in total. The Morgan fingerprint density at radius 3 is 2.74 bits per heavy atom. The summed E-state index contributed by atoms with van der Waals surface area (Å²) in [6.45, 7) is 0.955. The first-order valence-corrected chi connectivity index (χ1v) is 8.63. The molecule has 1 aromatic carbocycles. The number of nitrogens with two attached hydrogens (primary N) is 1. The Hall–Kier alpha value is -1.62. The molecule has 5 heteroatoms. The van der Waals surface area contributed by atoms with E-state index in [1.807, 2.05) is 0 Å². The van der Waals surface area contributed by atoms with Gasteiger partial charge in [-0.05, 0) is 49.7 Å². The zero-order chi connectivity index (χ0) is 16.0. The smallest absolute Gasteiger partial charge is 0.230 e. The zero-order valence-corrected chi connectivity index (χ0v) is 13.2.